The van der Waals surface area contributed by atoms with Crippen molar-refractivity contribution in [3.05, 3.63) is 96.1 Å². The molecule has 0 aliphatic rings. The topological polar surface area (TPSA) is 407 Å². The summed E-state index contributed by atoms with van der Waals surface area (Å²) in [5, 5.41) is 35.1. The Hall–Kier alpha value is -6.00. The van der Waals surface area contributed by atoms with Crippen molar-refractivity contribution in [1.29, 1.82) is 0 Å². The number of nitrogens with zero attached hydrogens (tertiary/aromatic N) is 6. The number of hydrogen-bond donors (Lipinski definition) is 12. The molecule has 0 spiro atoms. The van der Waals surface area contributed by atoms with Crippen LogP contribution in [-0.4, -0.2) is 148 Å². The number of aromatic nitrogens is 6. The van der Waals surface area contributed by atoms with Crippen molar-refractivity contribution in [2.24, 2.45) is 0 Å². The van der Waals surface area contributed by atoms with E-state index in [0.29, 0.717) is 0 Å². The second kappa shape index (κ2) is 21.7. The Labute approximate surface area is 403 Å². The van der Waals surface area contributed by atoms with Gasteiger partial charge in [0.2, 0.25) is 35.7 Å². The molecule has 2 aromatic heterocycles. The van der Waals surface area contributed by atoms with Crippen LogP contribution < -0.4 is 31.9 Å². The fourth-order valence-corrected chi connectivity index (χ4v) is 8.05. The summed E-state index contributed by atoms with van der Waals surface area (Å²) in [4.78, 5) is 22.9. The maximum absolute atomic E-state index is 12.6. The molecule has 0 bridgehead atoms. The molecule has 0 fully saturated rings. The fourth-order valence-electron chi connectivity index (χ4n) is 5.58. The van der Waals surface area contributed by atoms with Crippen LogP contribution in [0.4, 0.5) is 58.4 Å². The van der Waals surface area contributed by atoms with Gasteiger partial charge in [-0.25, -0.2) is 0 Å². The minimum atomic E-state index is -4.98. The zero-order valence-electron chi connectivity index (χ0n) is 33.3. The third kappa shape index (κ3) is 14.7. The molecule has 350 valence electrons. The Morgan fingerprint density at radius 1 is 0.418 bits per heavy atom. The van der Waals surface area contributed by atoms with Crippen LogP contribution in [0, 0.1) is 0 Å². The molecule has 0 radical (unpaired) electrons. The summed E-state index contributed by atoms with van der Waals surface area (Å²) in [6, 6.07) is 17.3. The Morgan fingerprint density at radius 3 is 1.03 bits per heavy atom. The van der Waals surface area contributed by atoms with Crippen LogP contribution in [-0.2, 0) is 40.5 Å². The molecule has 0 saturated heterocycles. The van der Waals surface area contributed by atoms with E-state index in [1.807, 2.05) is 0 Å². The molecule has 26 nitrogen and oxygen atoms in total. The SMILES string of the molecule is O=S(=O)(O)c1cccc(Nc2nc(NCCO)nc(Nc3ccc(C=Cc4ccc(Nc5nc(NCCO)nc(Nc6cccc(S(=O)(=O)O)c6)n5)cc4S(=O)(=O)O)c(S(=O)(=O)O)c3)n2)c1.[NaH]. The summed E-state index contributed by atoms with van der Waals surface area (Å²) >= 11 is 0. The molecular weight excluding hydrogens is 976 g/mol. The molecule has 0 saturated carbocycles. The van der Waals surface area contributed by atoms with Gasteiger partial charge in [0.05, 0.1) is 23.0 Å². The first kappa shape index (κ1) is 52.0. The molecule has 4 aromatic carbocycles. The maximum atomic E-state index is 12.6. The monoisotopic (exact) mass is 1010 g/mol. The quantitative estimate of drug-likeness (QED) is 0.0297. The van der Waals surface area contributed by atoms with Gasteiger partial charge in [0.25, 0.3) is 40.5 Å². The van der Waals surface area contributed by atoms with Crippen molar-refractivity contribution < 1.29 is 62.1 Å². The molecule has 0 atom stereocenters. The summed E-state index contributed by atoms with van der Waals surface area (Å²) in [7, 11) is -19.1. The first-order chi connectivity index (χ1) is 31.1. The fraction of sp³-hybridized carbons (Fsp3) is 0.111. The van der Waals surface area contributed by atoms with E-state index in [4.69, 9.17) is 0 Å². The molecule has 0 aliphatic heterocycles. The van der Waals surface area contributed by atoms with Crippen molar-refractivity contribution in [3.8, 4) is 0 Å². The Balaban J connectivity index is 0.00000840. The summed E-state index contributed by atoms with van der Waals surface area (Å²) in [5.74, 6) is -0.911. The number of hydrogen-bond acceptors (Lipinski definition) is 22. The van der Waals surface area contributed by atoms with Gasteiger partial charge in [-0.3, -0.25) is 18.2 Å². The normalized spacial score (nSPS) is 12.0. The summed E-state index contributed by atoms with van der Waals surface area (Å²) in [6.07, 6.45) is 2.29. The van der Waals surface area contributed by atoms with Crippen molar-refractivity contribution in [2.45, 2.75) is 19.6 Å². The van der Waals surface area contributed by atoms with Gasteiger partial charge >= 0.3 is 29.6 Å². The van der Waals surface area contributed by atoms with E-state index < -0.39 is 60.1 Å². The van der Waals surface area contributed by atoms with E-state index in [1.54, 1.807) is 0 Å². The molecule has 0 aliphatic carbocycles. The summed E-state index contributed by atoms with van der Waals surface area (Å²) < 4.78 is 136. The number of aliphatic hydroxyl groups is 2. The van der Waals surface area contributed by atoms with Gasteiger partial charge in [-0.1, -0.05) is 36.4 Å². The van der Waals surface area contributed by atoms with Crippen LogP contribution >= 0.6 is 0 Å². The Bertz CT molecular complexity index is 3070. The zero-order valence-corrected chi connectivity index (χ0v) is 36.6. The number of rotatable bonds is 20. The molecule has 6 aromatic rings. The molecule has 31 heteroatoms. The second-order valence-corrected chi connectivity index (χ2v) is 18.8. The zero-order chi connectivity index (χ0) is 47.9. The molecule has 0 amide bonds. The van der Waals surface area contributed by atoms with E-state index in [2.05, 4.69) is 61.8 Å². The molecule has 67 heavy (non-hydrogen) atoms. The van der Waals surface area contributed by atoms with Gasteiger partial charge in [0.15, 0.2) is 0 Å². The molecule has 12 N–H and O–H groups in total. The van der Waals surface area contributed by atoms with Crippen LogP contribution in [0.15, 0.2) is 105 Å². The van der Waals surface area contributed by atoms with Crippen LogP contribution in [0.5, 0.6) is 0 Å². The minimum absolute atomic E-state index is 0. The van der Waals surface area contributed by atoms with Crippen LogP contribution in [0.1, 0.15) is 11.1 Å². The van der Waals surface area contributed by atoms with E-state index >= 15 is 0 Å². The summed E-state index contributed by atoms with van der Waals surface area (Å²) in [6.45, 7) is -0.641. The average Bonchev–Trinajstić information content (AvgIpc) is 3.23. The number of nitrogens with one attached hydrogen (secondary N) is 6. The average molecular weight is 1010 g/mol. The first-order valence-electron chi connectivity index (χ1n) is 18.4. The van der Waals surface area contributed by atoms with Gasteiger partial charge in [-0.15, -0.1) is 0 Å². The van der Waals surface area contributed by atoms with E-state index in [9.17, 15) is 62.1 Å². The van der Waals surface area contributed by atoms with Gasteiger partial charge < -0.3 is 42.1 Å². The van der Waals surface area contributed by atoms with Crippen LogP contribution in [0.2, 0.25) is 0 Å². The summed E-state index contributed by atoms with van der Waals surface area (Å²) in [5.41, 5.74) is -0.00857. The van der Waals surface area contributed by atoms with Gasteiger partial charge in [-0.2, -0.15) is 63.6 Å². The molecule has 6 rings (SSSR count). The predicted octanol–water partition coefficient (Wildman–Crippen LogP) is 2.35. The van der Waals surface area contributed by atoms with Crippen molar-refractivity contribution >= 4 is 141 Å². The van der Waals surface area contributed by atoms with Crippen molar-refractivity contribution in [1.82, 2.24) is 29.9 Å². The third-order valence-electron chi connectivity index (χ3n) is 8.37. The Morgan fingerprint density at radius 2 is 0.731 bits per heavy atom. The predicted molar refractivity (Wildman–Crippen MR) is 245 cm³/mol. The van der Waals surface area contributed by atoms with Gasteiger partial charge in [0.1, 0.15) is 9.79 Å². The Kier molecular flexibility index (Phi) is 16.9. The van der Waals surface area contributed by atoms with E-state index in [0.717, 1.165) is 48.6 Å². The number of benzene rings is 4. The molecule has 2 heterocycles. The van der Waals surface area contributed by atoms with Crippen LogP contribution in [0.25, 0.3) is 12.2 Å². The molecular formula is C36H37N12NaO14S4. The second-order valence-electron chi connectivity index (χ2n) is 13.2. The first-order valence-corrected chi connectivity index (χ1v) is 24.2. The third-order valence-corrected chi connectivity index (χ3v) is 11.9. The number of aliphatic hydroxyl groups excluding tert-OH is 2. The standard InChI is InChI=1S/C36H36N12O14S4.Na.H/c49-15-13-37-31-43-33(39-23-3-1-5-27(17-23)63(51,52)53)47-35(45-31)41-25-11-9-21(29(19-25)65(57,58)59)7-8-22-10-12-26(20-30(22)66(60,61)62)42-36-46-32(38-14-16-50)44-34(48-36)40-24-4-2-6-28(18-24)64(54,55)56;;/h1-12,17-20,49-50H,13-16H2,(H,51,52,53)(H,54,55,56)(H,57,58,59)(H,60,61,62)(H3,37,39,41,43,45,47)(H3,38,40,42,44,46,48);;. The van der Waals surface area contributed by atoms with Gasteiger partial charge in [0, 0.05) is 35.8 Å². The van der Waals surface area contributed by atoms with E-state index in [1.165, 1.54) is 48.5 Å². The molecule has 0 unspecified atom stereocenters. The van der Waals surface area contributed by atoms with Crippen molar-refractivity contribution in [3.63, 3.8) is 0 Å². The van der Waals surface area contributed by atoms with Crippen LogP contribution in [0.3, 0.4) is 0 Å². The number of anilines is 10. The van der Waals surface area contributed by atoms with Gasteiger partial charge in [-0.05, 0) is 71.8 Å². The van der Waals surface area contributed by atoms with Crippen molar-refractivity contribution in [2.75, 3.05) is 58.2 Å². The van der Waals surface area contributed by atoms with E-state index in [-0.39, 0.29) is 125 Å².